The molecule has 6 heteroatoms. The molecule has 0 fully saturated rings. The van der Waals surface area contributed by atoms with Crippen LogP contribution >= 0.6 is 15.9 Å². The molecule has 3 N–H and O–H groups in total. The van der Waals surface area contributed by atoms with Crippen LogP contribution in [0.5, 0.6) is 5.75 Å². The number of halogens is 1. The largest absolute Gasteiger partial charge is 0.507 e. The number of carboxylic acid groups (broad SMARTS) is 1. The van der Waals surface area contributed by atoms with Crippen LogP contribution in [0.2, 0.25) is 0 Å². The first-order valence-corrected chi connectivity index (χ1v) is 6.85. The van der Waals surface area contributed by atoms with Crippen molar-refractivity contribution in [3.05, 3.63) is 58.1 Å². The molecule has 2 aromatic carbocycles. The Bertz CT molecular complexity index is 700. The van der Waals surface area contributed by atoms with Gasteiger partial charge in [0, 0.05) is 10.2 Å². The predicted molar refractivity (Wildman–Crippen MR) is 81.5 cm³/mol. The first kappa shape index (κ1) is 15.1. The molecule has 0 bridgehead atoms. The molecule has 1 amide bonds. The third-order valence-corrected chi connectivity index (χ3v) is 3.26. The Morgan fingerprint density at radius 3 is 2.57 bits per heavy atom. The van der Waals surface area contributed by atoms with E-state index in [0.717, 1.165) is 10.0 Å². The minimum atomic E-state index is -1.25. The van der Waals surface area contributed by atoms with Crippen molar-refractivity contribution in [3.8, 4) is 5.75 Å². The van der Waals surface area contributed by atoms with Gasteiger partial charge in [0.2, 0.25) is 5.91 Å². The number of anilines is 1. The zero-order valence-corrected chi connectivity index (χ0v) is 12.4. The average Bonchev–Trinajstić information content (AvgIpc) is 2.40. The van der Waals surface area contributed by atoms with Crippen molar-refractivity contribution in [2.45, 2.75) is 6.42 Å². The number of aromatic carboxylic acids is 1. The summed E-state index contributed by atoms with van der Waals surface area (Å²) >= 11 is 3.33. The van der Waals surface area contributed by atoms with Crippen LogP contribution in [0.4, 0.5) is 5.69 Å². The highest BCUT2D eigenvalue weighted by molar-refractivity contribution is 9.10. The quantitative estimate of drug-likeness (QED) is 0.740. The molecule has 5 nitrogen and oxygen atoms in total. The van der Waals surface area contributed by atoms with Crippen LogP contribution in [0.25, 0.3) is 0 Å². The second kappa shape index (κ2) is 6.41. The lowest BCUT2D eigenvalue weighted by Crippen LogP contribution is -2.14. The lowest BCUT2D eigenvalue weighted by molar-refractivity contribution is -0.115. The summed E-state index contributed by atoms with van der Waals surface area (Å²) in [5, 5.41) is 20.9. The fourth-order valence-electron chi connectivity index (χ4n) is 1.82. The highest BCUT2D eigenvalue weighted by Gasteiger charge is 2.11. The van der Waals surface area contributed by atoms with Crippen molar-refractivity contribution >= 4 is 33.5 Å². The van der Waals surface area contributed by atoms with E-state index in [1.165, 1.54) is 18.2 Å². The summed E-state index contributed by atoms with van der Waals surface area (Å²) in [6, 6.07) is 11.2. The zero-order valence-electron chi connectivity index (χ0n) is 10.8. The standard InChI is InChI=1S/C15H12BrNO4/c16-10-3-1-2-9(6-10)7-14(19)17-11-4-5-13(18)12(8-11)15(20)21/h1-6,8,18H,7H2,(H,17,19)(H,20,21). The van der Waals surface area contributed by atoms with Crippen LogP contribution in [-0.2, 0) is 11.2 Å². The summed E-state index contributed by atoms with van der Waals surface area (Å²) in [5.74, 6) is -1.86. The molecule has 0 saturated heterocycles. The molecule has 0 saturated carbocycles. The van der Waals surface area contributed by atoms with E-state index in [4.69, 9.17) is 5.11 Å². The molecular weight excluding hydrogens is 338 g/mol. The van der Waals surface area contributed by atoms with Gasteiger partial charge in [0.25, 0.3) is 0 Å². The number of hydrogen-bond donors (Lipinski definition) is 3. The lowest BCUT2D eigenvalue weighted by Gasteiger charge is -2.07. The minimum absolute atomic E-state index is 0.169. The molecule has 2 rings (SSSR count). The Labute approximate surface area is 129 Å². The number of carboxylic acids is 1. The molecular formula is C15H12BrNO4. The number of hydrogen-bond acceptors (Lipinski definition) is 3. The lowest BCUT2D eigenvalue weighted by atomic mass is 10.1. The summed E-state index contributed by atoms with van der Waals surface area (Å²) in [4.78, 5) is 22.8. The van der Waals surface area contributed by atoms with Gasteiger partial charge in [-0.3, -0.25) is 4.79 Å². The van der Waals surface area contributed by atoms with Gasteiger partial charge < -0.3 is 15.5 Å². The first-order valence-electron chi connectivity index (χ1n) is 6.06. The molecule has 0 heterocycles. The maximum Gasteiger partial charge on any atom is 0.339 e. The van der Waals surface area contributed by atoms with Crippen LogP contribution in [0.15, 0.2) is 46.9 Å². The highest BCUT2D eigenvalue weighted by atomic mass is 79.9. The van der Waals surface area contributed by atoms with Gasteiger partial charge in [-0.25, -0.2) is 4.79 Å². The number of rotatable bonds is 4. The molecule has 0 aliphatic rings. The van der Waals surface area contributed by atoms with Gasteiger partial charge in [0.1, 0.15) is 11.3 Å². The van der Waals surface area contributed by atoms with Gasteiger partial charge in [-0.15, -0.1) is 0 Å². The normalized spacial score (nSPS) is 10.1. The summed E-state index contributed by atoms with van der Waals surface area (Å²) < 4.78 is 0.880. The Morgan fingerprint density at radius 1 is 1.14 bits per heavy atom. The van der Waals surface area contributed by atoms with Gasteiger partial charge in [0.15, 0.2) is 0 Å². The van der Waals surface area contributed by atoms with E-state index >= 15 is 0 Å². The average molecular weight is 350 g/mol. The fraction of sp³-hybridized carbons (Fsp3) is 0.0667. The van der Waals surface area contributed by atoms with Gasteiger partial charge >= 0.3 is 5.97 Å². The summed E-state index contributed by atoms with van der Waals surface area (Å²) in [6.45, 7) is 0. The Kier molecular flexibility index (Phi) is 4.59. The summed E-state index contributed by atoms with van der Waals surface area (Å²) in [6.07, 6.45) is 0.169. The van der Waals surface area contributed by atoms with Crippen molar-refractivity contribution in [2.75, 3.05) is 5.32 Å². The second-order valence-corrected chi connectivity index (χ2v) is 5.31. The maximum atomic E-state index is 11.9. The molecule has 0 aromatic heterocycles. The fourth-order valence-corrected chi connectivity index (χ4v) is 2.27. The zero-order chi connectivity index (χ0) is 15.4. The number of phenols is 1. The smallest absolute Gasteiger partial charge is 0.339 e. The van der Waals surface area contributed by atoms with Crippen molar-refractivity contribution < 1.29 is 19.8 Å². The van der Waals surface area contributed by atoms with Crippen molar-refractivity contribution in [1.29, 1.82) is 0 Å². The van der Waals surface area contributed by atoms with E-state index in [-0.39, 0.29) is 23.6 Å². The van der Waals surface area contributed by atoms with Crippen LogP contribution in [0.3, 0.4) is 0 Å². The number of amides is 1. The maximum absolute atomic E-state index is 11.9. The molecule has 108 valence electrons. The highest BCUT2D eigenvalue weighted by Crippen LogP contribution is 2.21. The molecule has 0 atom stereocenters. The second-order valence-electron chi connectivity index (χ2n) is 4.39. The predicted octanol–water partition coefficient (Wildman–Crippen LogP) is 3.03. The Balaban J connectivity index is 2.09. The van der Waals surface area contributed by atoms with Crippen LogP contribution < -0.4 is 5.32 Å². The van der Waals surface area contributed by atoms with Crippen molar-refractivity contribution in [2.24, 2.45) is 0 Å². The van der Waals surface area contributed by atoms with E-state index in [2.05, 4.69) is 21.2 Å². The molecule has 0 radical (unpaired) electrons. The minimum Gasteiger partial charge on any atom is -0.507 e. The van der Waals surface area contributed by atoms with E-state index in [9.17, 15) is 14.7 Å². The first-order chi connectivity index (χ1) is 9.95. The third-order valence-electron chi connectivity index (χ3n) is 2.76. The third kappa shape index (κ3) is 4.06. The molecule has 0 unspecified atom stereocenters. The number of carbonyl (C=O) groups is 2. The molecule has 0 aliphatic heterocycles. The van der Waals surface area contributed by atoms with E-state index in [1.54, 1.807) is 0 Å². The molecule has 0 aliphatic carbocycles. The SMILES string of the molecule is O=C(Cc1cccc(Br)c1)Nc1ccc(O)c(C(=O)O)c1. The Morgan fingerprint density at radius 2 is 1.90 bits per heavy atom. The molecule has 21 heavy (non-hydrogen) atoms. The summed E-state index contributed by atoms with van der Waals surface area (Å²) in [7, 11) is 0. The van der Waals surface area contributed by atoms with Crippen molar-refractivity contribution in [3.63, 3.8) is 0 Å². The van der Waals surface area contributed by atoms with Crippen LogP contribution in [-0.4, -0.2) is 22.1 Å². The topological polar surface area (TPSA) is 86.6 Å². The van der Waals surface area contributed by atoms with Gasteiger partial charge in [0.05, 0.1) is 6.42 Å². The van der Waals surface area contributed by atoms with Crippen LogP contribution in [0.1, 0.15) is 15.9 Å². The van der Waals surface area contributed by atoms with Crippen LogP contribution in [0, 0.1) is 0 Å². The monoisotopic (exact) mass is 349 g/mol. The molecule has 0 spiro atoms. The number of benzene rings is 2. The number of carbonyl (C=O) groups excluding carboxylic acids is 1. The van der Waals surface area contributed by atoms with E-state index in [0.29, 0.717) is 5.69 Å². The number of aromatic hydroxyl groups is 1. The van der Waals surface area contributed by atoms with Gasteiger partial charge in [-0.1, -0.05) is 28.1 Å². The molecule has 2 aromatic rings. The van der Waals surface area contributed by atoms with E-state index < -0.39 is 5.97 Å². The summed E-state index contributed by atoms with van der Waals surface area (Å²) in [5.41, 5.74) is 0.902. The van der Waals surface area contributed by atoms with Gasteiger partial charge in [-0.2, -0.15) is 0 Å². The van der Waals surface area contributed by atoms with Crippen molar-refractivity contribution in [1.82, 2.24) is 0 Å². The van der Waals surface area contributed by atoms with E-state index in [1.807, 2.05) is 24.3 Å². The Hall–Kier alpha value is -2.34. The number of nitrogens with one attached hydrogen (secondary N) is 1. The van der Waals surface area contributed by atoms with Gasteiger partial charge in [-0.05, 0) is 35.9 Å².